The van der Waals surface area contributed by atoms with Crippen molar-refractivity contribution in [1.29, 1.82) is 0 Å². The number of nitrogens with one attached hydrogen (secondary N) is 1. The normalized spacial score (nSPS) is 18.0. The van der Waals surface area contributed by atoms with Crippen molar-refractivity contribution in [3.05, 3.63) is 57.6 Å². The highest BCUT2D eigenvalue weighted by Crippen LogP contribution is 2.36. The molecule has 0 saturated carbocycles. The van der Waals surface area contributed by atoms with E-state index in [9.17, 15) is 9.59 Å². The third-order valence-electron chi connectivity index (χ3n) is 4.31. The van der Waals surface area contributed by atoms with Crippen molar-refractivity contribution in [1.82, 2.24) is 4.90 Å². The first-order valence-electron chi connectivity index (χ1n) is 8.60. The van der Waals surface area contributed by atoms with Gasteiger partial charge in [-0.15, -0.1) is 0 Å². The lowest BCUT2D eigenvalue weighted by Crippen LogP contribution is -2.30. The van der Waals surface area contributed by atoms with Crippen LogP contribution in [0.2, 0.25) is 10.0 Å². The van der Waals surface area contributed by atoms with E-state index >= 15 is 0 Å². The van der Waals surface area contributed by atoms with E-state index in [0.29, 0.717) is 20.9 Å². The first-order chi connectivity index (χ1) is 13.3. The summed E-state index contributed by atoms with van der Waals surface area (Å²) in [6.45, 7) is 3.93. The minimum atomic E-state index is -0.535. The van der Waals surface area contributed by atoms with Gasteiger partial charge < -0.3 is 5.32 Å². The highest BCUT2D eigenvalue weighted by atomic mass is 35.5. The summed E-state index contributed by atoms with van der Waals surface area (Å²) in [4.78, 5) is 30.9. The topological polar surface area (TPSA) is 61.8 Å². The summed E-state index contributed by atoms with van der Waals surface area (Å²) in [5.41, 5.74) is 3.34. The fourth-order valence-corrected chi connectivity index (χ4v) is 4.29. The van der Waals surface area contributed by atoms with Crippen LogP contribution in [0.25, 0.3) is 0 Å². The van der Waals surface area contributed by atoms with E-state index in [4.69, 9.17) is 23.2 Å². The van der Waals surface area contributed by atoms with Crippen molar-refractivity contribution in [2.75, 3.05) is 12.4 Å². The minimum absolute atomic E-state index is 0.0590. The SMILES string of the molecule is Cc1ccc(NC(=O)C[C@@H]2SC(=Nc3cccc(Cl)c3Cl)N(C)C2=O)c(C)c1. The minimum Gasteiger partial charge on any atom is -0.326 e. The van der Waals surface area contributed by atoms with Crippen molar-refractivity contribution >= 4 is 63.3 Å². The molecule has 3 rings (SSSR count). The van der Waals surface area contributed by atoms with Gasteiger partial charge in [0.1, 0.15) is 5.25 Å². The number of thioether (sulfide) groups is 1. The number of hydrogen-bond acceptors (Lipinski definition) is 4. The maximum Gasteiger partial charge on any atom is 0.242 e. The van der Waals surface area contributed by atoms with Crippen LogP contribution in [0.4, 0.5) is 11.4 Å². The lowest BCUT2D eigenvalue weighted by atomic mass is 10.1. The van der Waals surface area contributed by atoms with E-state index in [1.54, 1.807) is 25.2 Å². The molecule has 146 valence electrons. The van der Waals surface area contributed by atoms with E-state index in [0.717, 1.165) is 16.8 Å². The van der Waals surface area contributed by atoms with Crippen LogP contribution >= 0.6 is 35.0 Å². The summed E-state index contributed by atoms with van der Waals surface area (Å²) < 4.78 is 0. The zero-order chi connectivity index (χ0) is 20.4. The summed E-state index contributed by atoms with van der Waals surface area (Å²) >= 11 is 13.4. The second-order valence-corrected chi connectivity index (χ2v) is 8.50. The Morgan fingerprint density at radius 2 is 2.00 bits per heavy atom. The highest BCUT2D eigenvalue weighted by molar-refractivity contribution is 8.15. The molecule has 0 spiro atoms. The Labute approximate surface area is 178 Å². The smallest absolute Gasteiger partial charge is 0.242 e. The molecule has 0 aliphatic carbocycles. The number of nitrogens with zero attached hydrogens (tertiary/aromatic N) is 2. The molecule has 1 atom stereocenters. The van der Waals surface area contributed by atoms with Gasteiger partial charge in [0.05, 0.1) is 15.7 Å². The van der Waals surface area contributed by atoms with E-state index in [1.807, 2.05) is 32.0 Å². The first-order valence-corrected chi connectivity index (χ1v) is 10.2. The van der Waals surface area contributed by atoms with Gasteiger partial charge in [-0.3, -0.25) is 14.5 Å². The monoisotopic (exact) mass is 435 g/mol. The van der Waals surface area contributed by atoms with Crippen LogP contribution in [0, 0.1) is 13.8 Å². The van der Waals surface area contributed by atoms with Crippen LogP contribution in [-0.4, -0.2) is 34.2 Å². The Balaban J connectivity index is 1.72. The van der Waals surface area contributed by atoms with Crippen molar-refractivity contribution < 1.29 is 9.59 Å². The molecule has 0 bridgehead atoms. The number of anilines is 1. The maximum absolute atomic E-state index is 12.5. The van der Waals surface area contributed by atoms with Gasteiger partial charge in [0, 0.05) is 19.2 Å². The van der Waals surface area contributed by atoms with Crippen molar-refractivity contribution in [2.45, 2.75) is 25.5 Å². The second-order valence-electron chi connectivity index (χ2n) is 6.54. The van der Waals surface area contributed by atoms with Gasteiger partial charge in [-0.05, 0) is 37.6 Å². The van der Waals surface area contributed by atoms with Gasteiger partial charge in [-0.1, -0.05) is 58.7 Å². The van der Waals surface area contributed by atoms with Crippen molar-refractivity contribution in [3.63, 3.8) is 0 Å². The maximum atomic E-state index is 12.5. The Bertz CT molecular complexity index is 978. The van der Waals surface area contributed by atoms with Crippen molar-refractivity contribution in [3.8, 4) is 0 Å². The molecular formula is C20H19Cl2N3O2S. The second kappa shape index (κ2) is 8.55. The van der Waals surface area contributed by atoms with Gasteiger partial charge >= 0.3 is 0 Å². The summed E-state index contributed by atoms with van der Waals surface area (Å²) in [5.74, 6) is -0.383. The van der Waals surface area contributed by atoms with E-state index < -0.39 is 5.25 Å². The molecule has 1 aliphatic heterocycles. The lowest BCUT2D eigenvalue weighted by Gasteiger charge is -2.11. The number of carbonyl (C=O) groups is 2. The van der Waals surface area contributed by atoms with Gasteiger partial charge in [0.25, 0.3) is 0 Å². The molecule has 2 amide bonds. The zero-order valence-electron chi connectivity index (χ0n) is 15.6. The molecule has 5 nitrogen and oxygen atoms in total. The lowest BCUT2D eigenvalue weighted by molar-refractivity contribution is -0.127. The fraction of sp³-hybridized carbons (Fsp3) is 0.250. The summed E-state index contributed by atoms with van der Waals surface area (Å²) in [6, 6.07) is 10.9. The molecule has 0 unspecified atom stereocenters. The van der Waals surface area contributed by atoms with Crippen LogP contribution in [0.3, 0.4) is 0 Å². The third kappa shape index (κ3) is 4.51. The number of rotatable bonds is 4. The van der Waals surface area contributed by atoms with Gasteiger partial charge in [-0.25, -0.2) is 4.99 Å². The van der Waals surface area contributed by atoms with Crippen LogP contribution in [0.15, 0.2) is 41.4 Å². The molecule has 1 fully saturated rings. The number of halogens is 2. The predicted molar refractivity (Wildman–Crippen MR) is 117 cm³/mol. The average molecular weight is 436 g/mol. The molecule has 1 saturated heterocycles. The molecule has 8 heteroatoms. The molecule has 0 radical (unpaired) electrons. The Kier molecular flexibility index (Phi) is 6.33. The number of amides is 2. The summed E-state index contributed by atoms with van der Waals surface area (Å²) in [5, 5.41) is 3.55. The van der Waals surface area contributed by atoms with Crippen LogP contribution in [-0.2, 0) is 9.59 Å². The number of benzene rings is 2. The molecular weight excluding hydrogens is 417 g/mol. The Hall–Kier alpha value is -2.02. The van der Waals surface area contributed by atoms with Crippen molar-refractivity contribution in [2.24, 2.45) is 4.99 Å². The molecule has 1 aliphatic rings. The number of hydrogen-bond donors (Lipinski definition) is 1. The highest BCUT2D eigenvalue weighted by Gasteiger charge is 2.37. The number of aliphatic imine (C=N–C) groups is 1. The third-order valence-corrected chi connectivity index (χ3v) is 6.35. The predicted octanol–water partition coefficient (Wildman–Crippen LogP) is 5.20. The average Bonchev–Trinajstić information content (AvgIpc) is 2.89. The molecule has 2 aromatic carbocycles. The standard InChI is InChI=1S/C20H19Cl2N3O2S/c1-11-7-8-14(12(2)9-11)23-17(26)10-16-19(27)25(3)20(28-16)24-15-6-4-5-13(21)18(15)22/h4-9,16H,10H2,1-3H3,(H,23,26)/t16-/m0/s1. The van der Waals surface area contributed by atoms with Crippen LogP contribution < -0.4 is 5.32 Å². The quantitative estimate of drug-likeness (QED) is 0.717. The van der Waals surface area contributed by atoms with E-state index in [-0.39, 0.29) is 18.2 Å². The van der Waals surface area contributed by atoms with Gasteiger partial charge in [0.15, 0.2) is 5.17 Å². The largest absolute Gasteiger partial charge is 0.326 e. The fourth-order valence-electron chi connectivity index (χ4n) is 2.80. The Morgan fingerprint density at radius 1 is 1.25 bits per heavy atom. The summed E-state index contributed by atoms with van der Waals surface area (Å²) in [6.07, 6.45) is 0.0590. The van der Waals surface area contributed by atoms with Crippen LogP contribution in [0.1, 0.15) is 17.5 Å². The molecule has 2 aromatic rings. The zero-order valence-corrected chi connectivity index (χ0v) is 18.0. The van der Waals surface area contributed by atoms with Gasteiger partial charge in [0.2, 0.25) is 11.8 Å². The Morgan fingerprint density at radius 3 is 2.71 bits per heavy atom. The number of carbonyl (C=O) groups excluding carboxylic acids is 2. The molecule has 0 aromatic heterocycles. The van der Waals surface area contributed by atoms with Gasteiger partial charge in [-0.2, -0.15) is 0 Å². The van der Waals surface area contributed by atoms with E-state index in [1.165, 1.54) is 16.7 Å². The number of amidine groups is 1. The molecule has 28 heavy (non-hydrogen) atoms. The first kappa shape index (κ1) is 20.7. The molecule has 1 heterocycles. The molecule has 1 N–H and O–H groups in total. The number of aryl methyl sites for hydroxylation is 2. The van der Waals surface area contributed by atoms with Crippen LogP contribution in [0.5, 0.6) is 0 Å². The van der Waals surface area contributed by atoms with E-state index in [2.05, 4.69) is 10.3 Å². The summed E-state index contributed by atoms with van der Waals surface area (Å²) in [7, 11) is 1.63.